The molecule has 9 heteroatoms. The van der Waals surface area contributed by atoms with Crippen LogP contribution in [0.15, 0.2) is 34.3 Å². The average Bonchev–Trinajstić information content (AvgIpc) is 2.46. The lowest BCUT2D eigenvalue weighted by Crippen LogP contribution is -2.54. The second-order valence-electron chi connectivity index (χ2n) is 5.65. The molecule has 0 fully saturated rings. The fraction of sp³-hybridized carbons (Fsp3) is 0.467. The Balaban J connectivity index is 0.00000288. The van der Waals surface area contributed by atoms with E-state index in [4.69, 9.17) is 34.7 Å². The summed E-state index contributed by atoms with van der Waals surface area (Å²) >= 11 is 11.7. The molecule has 1 aliphatic rings. The molecule has 0 radical (unpaired) electrons. The van der Waals surface area contributed by atoms with Crippen molar-refractivity contribution < 1.29 is 0 Å². The smallest absolute Gasteiger partial charge is 0.220 e. The molecule has 1 aromatic carbocycles. The third kappa shape index (κ3) is 4.59. The first-order valence-corrected chi connectivity index (χ1v) is 8.42. The molecule has 0 atom stereocenters. The summed E-state index contributed by atoms with van der Waals surface area (Å²) in [6.07, 6.45) is 0. The Labute approximate surface area is 158 Å². The van der Waals surface area contributed by atoms with Crippen LogP contribution in [0.1, 0.15) is 13.8 Å². The Hall–Kier alpha value is -1.37. The molecule has 0 aromatic heterocycles. The molecule has 0 bridgehead atoms. The van der Waals surface area contributed by atoms with Gasteiger partial charge in [-0.25, -0.2) is 4.99 Å². The van der Waals surface area contributed by atoms with Crippen molar-refractivity contribution in [3.63, 3.8) is 0 Å². The zero-order chi connectivity index (χ0) is 17.0. The lowest BCUT2D eigenvalue weighted by Gasteiger charge is -2.38. The molecule has 1 heterocycles. The molecule has 4 N–H and O–H groups in total. The predicted molar refractivity (Wildman–Crippen MR) is 107 cm³/mol. The first-order chi connectivity index (χ1) is 10.9. The largest absolute Gasteiger partial charge is 0.369 e. The molecule has 0 saturated carbocycles. The highest BCUT2D eigenvalue weighted by Gasteiger charge is 2.32. The Morgan fingerprint density at radius 2 is 1.62 bits per heavy atom. The van der Waals surface area contributed by atoms with Crippen LogP contribution < -0.4 is 21.3 Å². The van der Waals surface area contributed by atoms with Gasteiger partial charge in [0.2, 0.25) is 11.9 Å². The average molecular weight is 394 g/mol. The summed E-state index contributed by atoms with van der Waals surface area (Å²) in [4.78, 5) is 12.4. The Bertz CT molecular complexity index is 594. The van der Waals surface area contributed by atoms with Crippen molar-refractivity contribution in [2.75, 3.05) is 34.6 Å². The second kappa shape index (κ2) is 8.65. The number of hydrogen-bond donors (Lipinski definition) is 2. The van der Waals surface area contributed by atoms with Gasteiger partial charge in [-0.15, -0.1) is 35.6 Å². The summed E-state index contributed by atoms with van der Waals surface area (Å²) in [5, 5.41) is 0. The molecule has 0 unspecified atom stereocenters. The molecule has 1 aromatic rings. The Kier molecular flexibility index (Phi) is 7.45. The van der Waals surface area contributed by atoms with Crippen molar-refractivity contribution in [3.8, 4) is 0 Å². The number of nitrogens with zero attached hydrogens (tertiary/aromatic N) is 4. The van der Waals surface area contributed by atoms with E-state index in [1.807, 2.05) is 43.0 Å². The van der Waals surface area contributed by atoms with Gasteiger partial charge in [0, 0.05) is 36.2 Å². The molecule has 134 valence electrons. The molecule has 2 rings (SSSR count). The van der Waals surface area contributed by atoms with Crippen molar-refractivity contribution in [3.05, 3.63) is 24.3 Å². The summed E-state index contributed by atoms with van der Waals surface area (Å²) in [5.74, 6) is 1.61. The van der Waals surface area contributed by atoms with Crippen LogP contribution in [0.2, 0.25) is 0 Å². The summed E-state index contributed by atoms with van der Waals surface area (Å²) in [7, 11) is 0. The molecule has 24 heavy (non-hydrogen) atoms. The maximum absolute atomic E-state index is 6.04. The standard InChI is InChI=1S/C15H22Cl2N6.ClH/c1-15(2)21-13(18)20-14(19)23(15)12-5-3-11(4-6-12)22(9-7-16)10-8-17;/h3-6H,7-10H2,1-2H3,(H4,18,19,20,21);1H. The summed E-state index contributed by atoms with van der Waals surface area (Å²) in [6, 6.07) is 7.98. The molecule has 0 saturated heterocycles. The molecule has 6 nitrogen and oxygen atoms in total. The quantitative estimate of drug-likeness (QED) is 0.728. The van der Waals surface area contributed by atoms with E-state index in [2.05, 4.69) is 14.9 Å². The zero-order valence-corrected chi connectivity index (χ0v) is 16.1. The van der Waals surface area contributed by atoms with Crippen molar-refractivity contribution in [1.29, 1.82) is 0 Å². The number of halogens is 3. The van der Waals surface area contributed by atoms with E-state index in [9.17, 15) is 0 Å². The van der Waals surface area contributed by atoms with Crippen LogP contribution in [-0.2, 0) is 0 Å². The number of guanidine groups is 2. The summed E-state index contributed by atoms with van der Waals surface area (Å²) in [5.41, 5.74) is 13.1. The number of hydrogen-bond acceptors (Lipinski definition) is 6. The van der Waals surface area contributed by atoms with Gasteiger partial charge >= 0.3 is 0 Å². The van der Waals surface area contributed by atoms with E-state index >= 15 is 0 Å². The van der Waals surface area contributed by atoms with Gasteiger partial charge in [0.25, 0.3) is 0 Å². The van der Waals surface area contributed by atoms with E-state index < -0.39 is 5.66 Å². The number of rotatable bonds is 6. The normalized spacial score (nSPS) is 16.1. The molecule has 0 aliphatic carbocycles. The minimum absolute atomic E-state index is 0. The molecular weight excluding hydrogens is 371 g/mol. The van der Waals surface area contributed by atoms with Crippen LogP contribution in [-0.4, -0.2) is 42.4 Å². The minimum atomic E-state index is -0.594. The molecular formula is C15H23Cl3N6. The van der Waals surface area contributed by atoms with Gasteiger partial charge in [0.1, 0.15) is 5.66 Å². The fourth-order valence-corrected chi connectivity index (χ4v) is 3.05. The van der Waals surface area contributed by atoms with E-state index in [1.165, 1.54) is 0 Å². The van der Waals surface area contributed by atoms with Gasteiger partial charge in [-0.05, 0) is 38.1 Å². The van der Waals surface area contributed by atoms with Crippen LogP contribution in [0, 0.1) is 0 Å². The van der Waals surface area contributed by atoms with Crippen LogP contribution in [0.5, 0.6) is 0 Å². The topological polar surface area (TPSA) is 83.2 Å². The molecule has 0 amide bonds. The van der Waals surface area contributed by atoms with E-state index in [1.54, 1.807) is 0 Å². The lowest BCUT2D eigenvalue weighted by molar-refractivity contribution is 0.534. The van der Waals surface area contributed by atoms with Crippen molar-refractivity contribution in [2.45, 2.75) is 19.5 Å². The minimum Gasteiger partial charge on any atom is -0.369 e. The number of benzene rings is 1. The first-order valence-electron chi connectivity index (χ1n) is 7.35. The van der Waals surface area contributed by atoms with Gasteiger partial charge in [0.15, 0.2) is 0 Å². The second-order valence-corrected chi connectivity index (χ2v) is 6.41. The van der Waals surface area contributed by atoms with Gasteiger partial charge in [0.05, 0.1) is 0 Å². The van der Waals surface area contributed by atoms with E-state index in [-0.39, 0.29) is 18.4 Å². The van der Waals surface area contributed by atoms with E-state index in [0.717, 1.165) is 24.5 Å². The maximum atomic E-state index is 6.04. The summed E-state index contributed by atoms with van der Waals surface area (Å²) < 4.78 is 0. The number of nitrogens with two attached hydrogens (primary N) is 2. The SMILES string of the molecule is CC1(C)N=C(N)N=C(N)N1c1ccc(N(CCCl)CCCl)cc1.Cl. The highest BCUT2D eigenvalue weighted by molar-refractivity contribution is 6.18. The highest BCUT2D eigenvalue weighted by atomic mass is 35.5. The number of anilines is 2. The number of aliphatic imine (C=N–C) groups is 2. The van der Waals surface area contributed by atoms with Crippen LogP contribution in [0.4, 0.5) is 11.4 Å². The van der Waals surface area contributed by atoms with E-state index in [0.29, 0.717) is 17.7 Å². The number of alkyl halides is 2. The van der Waals surface area contributed by atoms with Crippen LogP contribution >= 0.6 is 35.6 Å². The predicted octanol–water partition coefficient (Wildman–Crippen LogP) is 2.58. The van der Waals surface area contributed by atoms with Crippen molar-refractivity contribution in [2.24, 2.45) is 21.5 Å². The summed E-state index contributed by atoms with van der Waals surface area (Å²) in [6.45, 7) is 5.35. The first kappa shape index (κ1) is 20.7. The van der Waals surface area contributed by atoms with Gasteiger partial charge in [-0.1, -0.05) is 0 Å². The monoisotopic (exact) mass is 392 g/mol. The highest BCUT2D eigenvalue weighted by Crippen LogP contribution is 2.29. The third-order valence-electron chi connectivity index (χ3n) is 3.58. The zero-order valence-electron chi connectivity index (χ0n) is 13.7. The van der Waals surface area contributed by atoms with Gasteiger partial charge in [-0.3, -0.25) is 4.90 Å². The van der Waals surface area contributed by atoms with Gasteiger partial charge < -0.3 is 16.4 Å². The van der Waals surface area contributed by atoms with Crippen molar-refractivity contribution in [1.82, 2.24) is 0 Å². The van der Waals surface area contributed by atoms with Gasteiger partial charge in [-0.2, -0.15) is 4.99 Å². The molecule has 0 spiro atoms. The lowest BCUT2D eigenvalue weighted by atomic mass is 10.1. The van der Waals surface area contributed by atoms with Crippen molar-refractivity contribution >= 4 is 58.9 Å². The Morgan fingerprint density at radius 3 is 2.08 bits per heavy atom. The fourth-order valence-electron chi connectivity index (χ4n) is 2.64. The van der Waals surface area contributed by atoms with Crippen LogP contribution in [0.25, 0.3) is 0 Å². The van der Waals surface area contributed by atoms with Crippen LogP contribution in [0.3, 0.4) is 0 Å². The Morgan fingerprint density at radius 1 is 1.08 bits per heavy atom. The molecule has 1 aliphatic heterocycles. The maximum Gasteiger partial charge on any atom is 0.220 e. The third-order valence-corrected chi connectivity index (χ3v) is 3.91.